The van der Waals surface area contributed by atoms with Gasteiger partial charge in [0, 0.05) is 45.4 Å². The molecule has 0 unspecified atom stereocenters. The van der Waals surface area contributed by atoms with Crippen molar-refractivity contribution in [2.75, 3.05) is 20.6 Å². The highest BCUT2D eigenvalue weighted by Gasteiger charge is 2.30. The number of sulfonamides is 1. The van der Waals surface area contributed by atoms with Crippen LogP contribution < -0.4 is 0 Å². The minimum absolute atomic E-state index is 0.145. The van der Waals surface area contributed by atoms with Gasteiger partial charge in [-0.3, -0.25) is 4.79 Å². The van der Waals surface area contributed by atoms with Gasteiger partial charge in [0.25, 0.3) is 0 Å². The van der Waals surface area contributed by atoms with Crippen LogP contribution in [0.2, 0.25) is 0 Å². The Morgan fingerprint density at radius 3 is 2.77 bits per heavy atom. The molecule has 3 aromatic rings. The number of nitrogens with zero attached hydrogens (tertiary/aromatic N) is 4. The number of imidazole rings is 1. The van der Waals surface area contributed by atoms with Crippen LogP contribution in [0.3, 0.4) is 0 Å². The molecule has 0 saturated carbocycles. The summed E-state index contributed by atoms with van der Waals surface area (Å²) in [6, 6.07) is 7.29. The van der Waals surface area contributed by atoms with Gasteiger partial charge in [0.1, 0.15) is 5.82 Å². The number of hydrogen-bond donors (Lipinski definition) is 0. The lowest BCUT2D eigenvalue weighted by Crippen LogP contribution is -2.39. The standard InChI is InChI=1S/C22H28N4O3S2/c1-5-18-16-11-13-30-20(16)10-12-26(18)22(27)9-8-21-23-17-14-15(31(28,29)24(2)3)6-7-19(17)25(21)4/h6-7,11,13-14,18H,5,8-10,12H2,1-4H3/t18-/m0/s1. The van der Waals surface area contributed by atoms with Crippen molar-refractivity contribution in [1.82, 2.24) is 18.8 Å². The van der Waals surface area contributed by atoms with Crippen molar-refractivity contribution in [3.05, 3.63) is 45.9 Å². The molecule has 0 saturated heterocycles. The van der Waals surface area contributed by atoms with Crippen molar-refractivity contribution in [3.8, 4) is 0 Å². The lowest BCUT2D eigenvalue weighted by molar-refractivity contribution is -0.134. The molecule has 3 heterocycles. The molecule has 9 heteroatoms. The highest BCUT2D eigenvalue weighted by atomic mass is 32.2. The second-order valence-corrected chi connectivity index (χ2v) is 11.2. The zero-order chi connectivity index (χ0) is 22.3. The smallest absolute Gasteiger partial charge is 0.242 e. The number of aromatic nitrogens is 2. The first-order valence-electron chi connectivity index (χ1n) is 10.5. The fourth-order valence-corrected chi connectivity index (χ4v) is 6.17. The maximum absolute atomic E-state index is 13.1. The van der Waals surface area contributed by atoms with Crippen LogP contribution >= 0.6 is 11.3 Å². The summed E-state index contributed by atoms with van der Waals surface area (Å²) >= 11 is 1.78. The van der Waals surface area contributed by atoms with Crippen LogP contribution in [0.4, 0.5) is 0 Å². The van der Waals surface area contributed by atoms with Crippen molar-refractivity contribution in [2.24, 2.45) is 7.05 Å². The Labute approximate surface area is 187 Å². The van der Waals surface area contributed by atoms with Crippen LogP contribution in [0.5, 0.6) is 0 Å². The lowest BCUT2D eigenvalue weighted by Gasteiger charge is -2.35. The largest absolute Gasteiger partial charge is 0.335 e. The van der Waals surface area contributed by atoms with Crippen LogP contribution in [0.1, 0.15) is 42.1 Å². The van der Waals surface area contributed by atoms with Crippen molar-refractivity contribution in [1.29, 1.82) is 0 Å². The molecule has 1 aliphatic rings. The third-order valence-electron chi connectivity index (χ3n) is 6.09. The van der Waals surface area contributed by atoms with Crippen molar-refractivity contribution >= 4 is 38.3 Å². The van der Waals surface area contributed by atoms with Gasteiger partial charge in [-0.2, -0.15) is 0 Å². The average Bonchev–Trinajstić information content (AvgIpc) is 3.35. The van der Waals surface area contributed by atoms with E-state index in [9.17, 15) is 13.2 Å². The van der Waals surface area contributed by atoms with E-state index in [-0.39, 0.29) is 16.8 Å². The first-order valence-corrected chi connectivity index (χ1v) is 12.8. The van der Waals surface area contributed by atoms with E-state index in [1.54, 1.807) is 29.5 Å². The molecule has 7 nitrogen and oxygen atoms in total. The van der Waals surface area contributed by atoms with Crippen LogP contribution in [0.25, 0.3) is 11.0 Å². The van der Waals surface area contributed by atoms with Crippen LogP contribution in [-0.4, -0.2) is 53.7 Å². The number of aryl methyl sites for hydroxylation is 2. The van der Waals surface area contributed by atoms with Crippen molar-refractivity contribution in [3.63, 3.8) is 0 Å². The van der Waals surface area contributed by atoms with E-state index in [4.69, 9.17) is 0 Å². The second-order valence-electron chi connectivity index (χ2n) is 8.09. The number of amides is 1. The normalized spacial score (nSPS) is 16.8. The third kappa shape index (κ3) is 3.90. The maximum Gasteiger partial charge on any atom is 0.242 e. The van der Waals surface area contributed by atoms with Gasteiger partial charge in [-0.15, -0.1) is 11.3 Å². The summed E-state index contributed by atoms with van der Waals surface area (Å²) in [6.45, 7) is 2.89. The van der Waals surface area contributed by atoms with E-state index < -0.39 is 10.0 Å². The van der Waals surface area contributed by atoms with Gasteiger partial charge in [-0.05, 0) is 48.1 Å². The van der Waals surface area contributed by atoms with Gasteiger partial charge < -0.3 is 9.47 Å². The predicted molar refractivity (Wildman–Crippen MR) is 123 cm³/mol. The summed E-state index contributed by atoms with van der Waals surface area (Å²) in [5.74, 6) is 0.927. The number of carbonyl (C=O) groups excluding carboxylic acids is 1. The van der Waals surface area contributed by atoms with Gasteiger partial charge >= 0.3 is 0 Å². The summed E-state index contributed by atoms with van der Waals surface area (Å²) in [7, 11) is 1.41. The molecule has 1 aromatic carbocycles. The molecule has 166 valence electrons. The molecule has 31 heavy (non-hydrogen) atoms. The molecule has 0 bridgehead atoms. The zero-order valence-electron chi connectivity index (χ0n) is 18.3. The van der Waals surface area contributed by atoms with Crippen LogP contribution in [0, 0.1) is 0 Å². The second kappa shape index (κ2) is 8.37. The van der Waals surface area contributed by atoms with Gasteiger partial charge in [0.15, 0.2) is 0 Å². The summed E-state index contributed by atoms with van der Waals surface area (Å²) < 4.78 is 28.0. The molecule has 0 N–H and O–H groups in total. The lowest BCUT2D eigenvalue weighted by atomic mass is 9.97. The van der Waals surface area contributed by atoms with Gasteiger partial charge in [-0.25, -0.2) is 17.7 Å². The molecule has 2 aromatic heterocycles. The molecular weight excluding hydrogens is 432 g/mol. The maximum atomic E-state index is 13.1. The quantitative estimate of drug-likeness (QED) is 0.565. The molecule has 0 spiro atoms. The van der Waals surface area contributed by atoms with Crippen molar-refractivity contribution < 1.29 is 13.2 Å². The van der Waals surface area contributed by atoms with E-state index in [1.807, 2.05) is 16.5 Å². The number of rotatable bonds is 6. The topological polar surface area (TPSA) is 75.5 Å². The van der Waals surface area contributed by atoms with Crippen molar-refractivity contribution in [2.45, 2.75) is 43.5 Å². The molecule has 1 amide bonds. The monoisotopic (exact) mass is 460 g/mol. The zero-order valence-corrected chi connectivity index (χ0v) is 20.0. The first kappa shape index (κ1) is 22.0. The first-order chi connectivity index (χ1) is 14.7. The Hall–Kier alpha value is -2.23. The Morgan fingerprint density at radius 1 is 1.29 bits per heavy atom. The summed E-state index contributed by atoms with van der Waals surface area (Å²) in [6.07, 6.45) is 2.73. The minimum Gasteiger partial charge on any atom is -0.335 e. The Bertz CT molecular complexity index is 1230. The highest BCUT2D eigenvalue weighted by molar-refractivity contribution is 7.89. The van der Waals surface area contributed by atoms with E-state index >= 15 is 0 Å². The van der Waals surface area contributed by atoms with E-state index in [2.05, 4.69) is 23.4 Å². The molecule has 4 rings (SSSR count). The molecule has 0 radical (unpaired) electrons. The number of benzene rings is 1. The number of thiophene rings is 1. The predicted octanol–water partition coefficient (Wildman–Crippen LogP) is 3.35. The average molecular weight is 461 g/mol. The minimum atomic E-state index is -3.52. The molecule has 1 aliphatic heterocycles. The summed E-state index contributed by atoms with van der Waals surface area (Å²) in [5, 5.41) is 2.12. The SMILES string of the molecule is CC[C@H]1c2ccsc2CCN1C(=O)CCc1nc2cc(S(=O)(=O)N(C)C)ccc2n1C. The van der Waals surface area contributed by atoms with Gasteiger partial charge in [-0.1, -0.05) is 6.92 Å². The third-order valence-corrected chi connectivity index (χ3v) is 8.90. The molecule has 0 aliphatic carbocycles. The molecular formula is C22H28N4O3S2. The van der Waals surface area contributed by atoms with E-state index in [0.29, 0.717) is 18.4 Å². The van der Waals surface area contributed by atoms with E-state index in [1.165, 1.54) is 28.8 Å². The molecule has 1 atom stereocenters. The number of hydrogen-bond acceptors (Lipinski definition) is 5. The molecule has 0 fully saturated rings. The van der Waals surface area contributed by atoms with Gasteiger partial charge in [0.2, 0.25) is 15.9 Å². The number of fused-ring (bicyclic) bond motifs is 2. The Kier molecular flexibility index (Phi) is 5.93. The summed E-state index contributed by atoms with van der Waals surface area (Å²) in [5.41, 5.74) is 2.78. The number of carbonyl (C=O) groups is 1. The van der Waals surface area contributed by atoms with Crippen LogP contribution in [-0.2, 0) is 34.7 Å². The summed E-state index contributed by atoms with van der Waals surface area (Å²) in [4.78, 5) is 21.3. The Morgan fingerprint density at radius 2 is 2.06 bits per heavy atom. The van der Waals surface area contributed by atoms with Gasteiger partial charge in [0.05, 0.1) is 22.0 Å². The van der Waals surface area contributed by atoms with E-state index in [0.717, 1.165) is 30.7 Å². The fraction of sp³-hybridized carbons (Fsp3) is 0.455. The van der Waals surface area contributed by atoms with Crippen LogP contribution in [0.15, 0.2) is 34.5 Å². The Balaban J connectivity index is 1.53. The highest BCUT2D eigenvalue weighted by Crippen LogP contribution is 2.35. The fourth-order valence-electron chi connectivity index (χ4n) is 4.32.